The molecule has 0 aliphatic rings. The number of ether oxygens (including phenoxy) is 1. The summed E-state index contributed by atoms with van der Waals surface area (Å²) in [6.45, 7) is 3.18. The van der Waals surface area contributed by atoms with E-state index in [0.29, 0.717) is 19.0 Å². The van der Waals surface area contributed by atoms with Crippen LogP contribution in [0, 0.1) is 6.92 Å². The van der Waals surface area contributed by atoms with Crippen molar-refractivity contribution in [3.8, 4) is 0 Å². The van der Waals surface area contributed by atoms with E-state index in [-0.39, 0.29) is 11.6 Å². The van der Waals surface area contributed by atoms with E-state index in [0.717, 1.165) is 22.1 Å². The summed E-state index contributed by atoms with van der Waals surface area (Å²) >= 11 is 3.50. The molecule has 0 aliphatic heterocycles. The van der Waals surface area contributed by atoms with Gasteiger partial charge in [-0.3, -0.25) is 4.79 Å². The maximum Gasteiger partial charge on any atom is 0.271 e. The van der Waals surface area contributed by atoms with Crippen LogP contribution in [0.25, 0.3) is 0 Å². The molecule has 122 valence electrons. The molecule has 0 fully saturated rings. The van der Waals surface area contributed by atoms with Gasteiger partial charge in [-0.2, -0.15) is 0 Å². The topological polar surface area (TPSA) is 76.1 Å². The molecule has 2 rings (SSSR count). The standard InChI is InChI=1S/C16H19BrN4O2/c1-11-4-5-13(12(17)8-11)21-15-10-19-14(9-20-15)16(22)18-6-3-7-23-2/h4-5,8-10H,3,6-7H2,1-2H3,(H,18,22)(H,20,21). The highest BCUT2D eigenvalue weighted by atomic mass is 79.9. The van der Waals surface area contributed by atoms with Crippen molar-refractivity contribution in [2.24, 2.45) is 0 Å². The number of hydrogen-bond acceptors (Lipinski definition) is 5. The average Bonchev–Trinajstić information content (AvgIpc) is 2.55. The maximum atomic E-state index is 11.9. The van der Waals surface area contributed by atoms with E-state index in [9.17, 15) is 4.79 Å². The van der Waals surface area contributed by atoms with Crippen LogP contribution in [0.2, 0.25) is 0 Å². The zero-order valence-corrected chi connectivity index (χ0v) is 14.7. The van der Waals surface area contributed by atoms with Gasteiger partial charge in [0.15, 0.2) is 0 Å². The number of carbonyl (C=O) groups is 1. The first-order valence-electron chi connectivity index (χ1n) is 7.22. The summed E-state index contributed by atoms with van der Waals surface area (Å²) in [5.41, 5.74) is 2.34. The first-order chi connectivity index (χ1) is 11.1. The van der Waals surface area contributed by atoms with E-state index in [4.69, 9.17) is 4.74 Å². The fraction of sp³-hybridized carbons (Fsp3) is 0.312. The van der Waals surface area contributed by atoms with Crippen LogP contribution in [0.1, 0.15) is 22.5 Å². The average molecular weight is 379 g/mol. The molecule has 0 aliphatic carbocycles. The summed E-state index contributed by atoms with van der Waals surface area (Å²) in [5.74, 6) is 0.335. The van der Waals surface area contributed by atoms with Crippen LogP contribution in [-0.4, -0.2) is 36.1 Å². The molecule has 1 aromatic heterocycles. The number of amides is 1. The lowest BCUT2D eigenvalue weighted by atomic mass is 10.2. The number of aryl methyl sites for hydroxylation is 1. The molecule has 23 heavy (non-hydrogen) atoms. The number of aromatic nitrogens is 2. The van der Waals surface area contributed by atoms with Crippen molar-refractivity contribution in [2.75, 3.05) is 25.6 Å². The van der Waals surface area contributed by atoms with E-state index in [1.807, 2.05) is 25.1 Å². The molecule has 0 atom stereocenters. The Hall–Kier alpha value is -1.99. The van der Waals surface area contributed by atoms with Gasteiger partial charge in [-0.25, -0.2) is 9.97 Å². The second-order valence-electron chi connectivity index (χ2n) is 5.00. The van der Waals surface area contributed by atoms with Crippen molar-refractivity contribution in [1.82, 2.24) is 15.3 Å². The third kappa shape index (κ3) is 5.30. The minimum Gasteiger partial charge on any atom is -0.385 e. The Morgan fingerprint density at radius 1 is 1.30 bits per heavy atom. The quantitative estimate of drug-likeness (QED) is 0.724. The van der Waals surface area contributed by atoms with E-state index in [1.54, 1.807) is 7.11 Å². The molecule has 2 N–H and O–H groups in total. The summed E-state index contributed by atoms with van der Waals surface area (Å²) in [6.07, 6.45) is 3.75. The predicted octanol–water partition coefficient (Wildman–Crippen LogP) is 3.06. The molecule has 1 heterocycles. The van der Waals surface area contributed by atoms with Gasteiger partial charge in [-0.1, -0.05) is 6.07 Å². The molecule has 2 aromatic rings. The van der Waals surface area contributed by atoms with Crippen LogP contribution in [0.3, 0.4) is 0 Å². The molecular formula is C16H19BrN4O2. The number of halogens is 1. The van der Waals surface area contributed by atoms with Gasteiger partial charge in [0.05, 0.1) is 18.1 Å². The largest absolute Gasteiger partial charge is 0.385 e. The number of anilines is 2. The maximum absolute atomic E-state index is 11.9. The van der Waals surface area contributed by atoms with Crippen molar-refractivity contribution in [2.45, 2.75) is 13.3 Å². The zero-order chi connectivity index (χ0) is 16.7. The lowest BCUT2D eigenvalue weighted by molar-refractivity contribution is 0.0943. The van der Waals surface area contributed by atoms with Crippen LogP contribution in [-0.2, 0) is 4.74 Å². The van der Waals surface area contributed by atoms with Crippen LogP contribution >= 0.6 is 15.9 Å². The number of carbonyl (C=O) groups excluding carboxylic acids is 1. The summed E-state index contributed by atoms with van der Waals surface area (Å²) in [7, 11) is 1.63. The summed E-state index contributed by atoms with van der Waals surface area (Å²) < 4.78 is 5.87. The Labute approximate surface area is 143 Å². The molecule has 0 spiro atoms. The smallest absolute Gasteiger partial charge is 0.271 e. The van der Waals surface area contributed by atoms with Crippen LogP contribution in [0.15, 0.2) is 35.1 Å². The molecule has 7 heteroatoms. The van der Waals surface area contributed by atoms with Gasteiger partial charge in [0, 0.05) is 24.7 Å². The van der Waals surface area contributed by atoms with Crippen molar-refractivity contribution < 1.29 is 9.53 Å². The fourth-order valence-electron chi connectivity index (χ4n) is 1.88. The predicted molar refractivity (Wildman–Crippen MR) is 93.0 cm³/mol. The van der Waals surface area contributed by atoms with Crippen molar-refractivity contribution in [3.63, 3.8) is 0 Å². The highest BCUT2D eigenvalue weighted by Gasteiger charge is 2.08. The summed E-state index contributed by atoms with van der Waals surface area (Å²) in [4.78, 5) is 20.2. The Morgan fingerprint density at radius 2 is 2.13 bits per heavy atom. The number of nitrogens with one attached hydrogen (secondary N) is 2. The second kappa shape index (κ2) is 8.59. The molecule has 0 radical (unpaired) electrons. The minimum absolute atomic E-state index is 0.239. The van der Waals surface area contributed by atoms with Crippen molar-refractivity contribution in [3.05, 3.63) is 46.3 Å². The second-order valence-corrected chi connectivity index (χ2v) is 5.85. The normalized spacial score (nSPS) is 10.4. The van der Waals surface area contributed by atoms with Gasteiger partial charge < -0.3 is 15.4 Å². The Balaban J connectivity index is 1.95. The van der Waals surface area contributed by atoms with Crippen LogP contribution in [0.4, 0.5) is 11.5 Å². The first kappa shape index (κ1) is 17.4. The Kier molecular flexibility index (Phi) is 6.49. The van der Waals surface area contributed by atoms with Crippen molar-refractivity contribution >= 4 is 33.3 Å². The monoisotopic (exact) mass is 378 g/mol. The Morgan fingerprint density at radius 3 is 2.78 bits per heavy atom. The molecule has 6 nitrogen and oxygen atoms in total. The molecule has 0 saturated heterocycles. The summed E-state index contributed by atoms with van der Waals surface area (Å²) in [5, 5.41) is 5.93. The highest BCUT2D eigenvalue weighted by molar-refractivity contribution is 9.10. The summed E-state index contributed by atoms with van der Waals surface area (Å²) in [6, 6.07) is 5.97. The van der Waals surface area contributed by atoms with Gasteiger partial charge in [-0.15, -0.1) is 0 Å². The van der Waals surface area contributed by atoms with E-state index in [1.165, 1.54) is 12.4 Å². The zero-order valence-electron chi connectivity index (χ0n) is 13.1. The van der Waals surface area contributed by atoms with E-state index < -0.39 is 0 Å². The van der Waals surface area contributed by atoms with Gasteiger partial charge in [0.2, 0.25) is 0 Å². The third-order valence-corrected chi connectivity index (χ3v) is 3.74. The SMILES string of the molecule is COCCCNC(=O)c1cnc(Nc2ccc(C)cc2Br)cn1. The first-order valence-corrected chi connectivity index (χ1v) is 8.02. The molecular weight excluding hydrogens is 360 g/mol. The number of methoxy groups -OCH3 is 1. The lowest BCUT2D eigenvalue weighted by Crippen LogP contribution is -2.26. The molecule has 0 unspecified atom stereocenters. The number of hydrogen-bond donors (Lipinski definition) is 2. The molecule has 1 amide bonds. The minimum atomic E-state index is -0.239. The molecule has 0 saturated carbocycles. The van der Waals surface area contributed by atoms with E-state index >= 15 is 0 Å². The molecule has 0 bridgehead atoms. The lowest BCUT2D eigenvalue weighted by Gasteiger charge is -2.09. The van der Waals surface area contributed by atoms with E-state index in [2.05, 4.69) is 36.5 Å². The van der Waals surface area contributed by atoms with Crippen LogP contribution in [0.5, 0.6) is 0 Å². The van der Waals surface area contributed by atoms with Crippen LogP contribution < -0.4 is 10.6 Å². The van der Waals surface area contributed by atoms with Gasteiger partial charge in [0.1, 0.15) is 11.5 Å². The van der Waals surface area contributed by atoms with Crippen molar-refractivity contribution in [1.29, 1.82) is 0 Å². The number of benzene rings is 1. The number of nitrogens with zero attached hydrogens (tertiary/aromatic N) is 2. The fourth-order valence-corrected chi connectivity index (χ4v) is 2.47. The third-order valence-electron chi connectivity index (χ3n) is 3.08. The van der Waals surface area contributed by atoms with Gasteiger partial charge >= 0.3 is 0 Å². The highest BCUT2D eigenvalue weighted by Crippen LogP contribution is 2.25. The van der Waals surface area contributed by atoms with Gasteiger partial charge in [0.25, 0.3) is 5.91 Å². The molecule has 1 aromatic carbocycles. The number of rotatable bonds is 7. The van der Waals surface area contributed by atoms with Gasteiger partial charge in [-0.05, 0) is 47.0 Å². The Bertz CT molecular complexity index is 662.